The summed E-state index contributed by atoms with van der Waals surface area (Å²) in [4.78, 5) is 12.2. The highest BCUT2D eigenvalue weighted by Crippen LogP contribution is 2.15. The average molecular weight is 335 g/mol. The summed E-state index contributed by atoms with van der Waals surface area (Å²) >= 11 is 0. The molecule has 25 heavy (non-hydrogen) atoms. The van der Waals surface area contributed by atoms with Gasteiger partial charge in [-0.2, -0.15) is 5.26 Å². The van der Waals surface area contributed by atoms with E-state index in [-0.39, 0.29) is 12.4 Å². The van der Waals surface area contributed by atoms with Gasteiger partial charge in [0.1, 0.15) is 17.6 Å². The Morgan fingerprint density at radius 1 is 1.04 bits per heavy atom. The van der Waals surface area contributed by atoms with Crippen molar-refractivity contribution in [2.24, 2.45) is 0 Å². The Hall–Kier alpha value is -3.06. The van der Waals surface area contributed by atoms with E-state index in [4.69, 9.17) is 14.7 Å². The minimum Gasteiger partial charge on any atom is -0.494 e. The molecule has 0 fully saturated rings. The highest BCUT2D eigenvalue weighted by Gasteiger charge is 2.02. The standard InChI is InChI=1S/C21H21NO3/c1-2-3-15-24-19-9-4-17(5-10-19)6-13-21(23)18-7-11-20(12-8-18)25-16-14-22/h4-13H,2-3,15-16H2,1H3/b13-6+. The summed E-state index contributed by atoms with van der Waals surface area (Å²) in [5.41, 5.74) is 1.50. The molecule has 0 bridgehead atoms. The van der Waals surface area contributed by atoms with Crippen LogP contribution in [-0.4, -0.2) is 19.0 Å². The molecule has 4 nitrogen and oxygen atoms in total. The number of nitriles is 1. The SMILES string of the molecule is CCCCOc1ccc(/C=C/C(=O)c2ccc(OCC#N)cc2)cc1. The number of benzene rings is 2. The van der Waals surface area contributed by atoms with Crippen molar-refractivity contribution in [3.05, 3.63) is 65.7 Å². The van der Waals surface area contributed by atoms with Crippen molar-refractivity contribution in [1.29, 1.82) is 5.26 Å². The first kappa shape index (κ1) is 18.3. The van der Waals surface area contributed by atoms with Crippen LogP contribution in [0.5, 0.6) is 11.5 Å². The van der Waals surface area contributed by atoms with Crippen molar-refractivity contribution in [2.75, 3.05) is 13.2 Å². The third-order valence-corrected chi connectivity index (χ3v) is 3.52. The van der Waals surface area contributed by atoms with Crippen molar-refractivity contribution in [3.63, 3.8) is 0 Å². The van der Waals surface area contributed by atoms with Crippen molar-refractivity contribution >= 4 is 11.9 Å². The maximum Gasteiger partial charge on any atom is 0.185 e. The Labute approximate surface area is 148 Å². The number of carbonyl (C=O) groups excluding carboxylic acids is 1. The molecule has 4 heteroatoms. The number of ether oxygens (including phenoxy) is 2. The fourth-order valence-corrected chi connectivity index (χ4v) is 2.11. The predicted molar refractivity (Wildman–Crippen MR) is 97.8 cm³/mol. The lowest BCUT2D eigenvalue weighted by atomic mass is 10.1. The molecule has 0 aromatic heterocycles. The number of hydrogen-bond acceptors (Lipinski definition) is 4. The Morgan fingerprint density at radius 3 is 2.32 bits per heavy atom. The van der Waals surface area contributed by atoms with Gasteiger partial charge in [-0.25, -0.2) is 0 Å². The van der Waals surface area contributed by atoms with Crippen LogP contribution in [0.4, 0.5) is 0 Å². The van der Waals surface area contributed by atoms with E-state index in [0.717, 1.165) is 30.8 Å². The highest BCUT2D eigenvalue weighted by atomic mass is 16.5. The molecule has 0 atom stereocenters. The largest absolute Gasteiger partial charge is 0.494 e. The van der Waals surface area contributed by atoms with Gasteiger partial charge in [-0.15, -0.1) is 0 Å². The van der Waals surface area contributed by atoms with Gasteiger partial charge in [0.05, 0.1) is 6.61 Å². The van der Waals surface area contributed by atoms with E-state index in [0.29, 0.717) is 11.3 Å². The number of nitrogens with zero attached hydrogens (tertiary/aromatic N) is 1. The Bertz CT molecular complexity index is 740. The second-order valence-corrected chi connectivity index (χ2v) is 5.44. The van der Waals surface area contributed by atoms with Gasteiger partial charge in [0.2, 0.25) is 0 Å². The summed E-state index contributed by atoms with van der Waals surface area (Å²) in [6.07, 6.45) is 5.46. The highest BCUT2D eigenvalue weighted by molar-refractivity contribution is 6.06. The summed E-state index contributed by atoms with van der Waals surface area (Å²) in [6.45, 7) is 2.84. The summed E-state index contributed by atoms with van der Waals surface area (Å²) in [6, 6.07) is 16.3. The fraction of sp³-hybridized carbons (Fsp3) is 0.238. The first-order chi connectivity index (χ1) is 12.2. The van der Waals surface area contributed by atoms with E-state index >= 15 is 0 Å². The van der Waals surface area contributed by atoms with Gasteiger partial charge in [0.15, 0.2) is 12.4 Å². The zero-order chi connectivity index (χ0) is 17.9. The normalized spacial score (nSPS) is 10.4. The molecule has 0 N–H and O–H groups in total. The van der Waals surface area contributed by atoms with Gasteiger partial charge in [-0.05, 0) is 54.5 Å². The topological polar surface area (TPSA) is 59.3 Å². The lowest BCUT2D eigenvalue weighted by Crippen LogP contribution is -1.97. The number of allylic oxidation sites excluding steroid dienone is 1. The van der Waals surface area contributed by atoms with Gasteiger partial charge in [0.25, 0.3) is 0 Å². The third kappa shape index (κ3) is 6.15. The number of unbranched alkanes of at least 4 members (excludes halogenated alkanes) is 1. The average Bonchev–Trinajstić information content (AvgIpc) is 2.66. The maximum absolute atomic E-state index is 12.2. The number of hydrogen-bond donors (Lipinski definition) is 0. The summed E-state index contributed by atoms with van der Waals surface area (Å²) in [5, 5.41) is 8.47. The van der Waals surface area contributed by atoms with Crippen molar-refractivity contribution in [2.45, 2.75) is 19.8 Å². The van der Waals surface area contributed by atoms with Crippen LogP contribution in [0.2, 0.25) is 0 Å². The number of carbonyl (C=O) groups is 1. The molecule has 0 radical (unpaired) electrons. The molecule has 0 unspecified atom stereocenters. The van der Waals surface area contributed by atoms with E-state index in [1.165, 1.54) is 6.08 Å². The number of ketones is 1. The fourth-order valence-electron chi connectivity index (χ4n) is 2.11. The Balaban J connectivity index is 1.92. The van der Waals surface area contributed by atoms with Crippen LogP contribution >= 0.6 is 0 Å². The minimum absolute atomic E-state index is 0.00858. The first-order valence-corrected chi connectivity index (χ1v) is 8.28. The van der Waals surface area contributed by atoms with Crippen LogP contribution in [0.25, 0.3) is 6.08 Å². The molecule has 2 aromatic carbocycles. The van der Waals surface area contributed by atoms with E-state index in [1.807, 2.05) is 30.3 Å². The zero-order valence-electron chi connectivity index (χ0n) is 14.3. The molecule has 128 valence electrons. The van der Waals surface area contributed by atoms with Gasteiger partial charge in [-0.3, -0.25) is 4.79 Å². The van der Waals surface area contributed by atoms with Crippen LogP contribution in [0.3, 0.4) is 0 Å². The van der Waals surface area contributed by atoms with Crippen LogP contribution < -0.4 is 9.47 Å². The van der Waals surface area contributed by atoms with Gasteiger partial charge in [-0.1, -0.05) is 31.6 Å². The molecular weight excluding hydrogens is 314 g/mol. The minimum atomic E-state index is -0.0879. The van der Waals surface area contributed by atoms with Crippen molar-refractivity contribution in [1.82, 2.24) is 0 Å². The van der Waals surface area contributed by atoms with Crippen LogP contribution in [0.1, 0.15) is 35.7 Å². The second kappa shape index (κ2) is 9.94. The summed E-state index contributed by atoms with van der Waals surface area (Å²) in [5.74, 6) is 1.32. The van der Waals surface area contributed by atoms with E-state index in [9.17, 15) is 4.79 Å². The summed E-state index contributed by atoms with van der Waals surface area (Å²) in [7, 11) is 0. The van der Waals surface area contributed by atoms with Gasteiger partial charge < -0.3 is 9.47 Å². The summed E-state index contributed by atoms with van der Waals surface area (Å²) < 4.78 is 10.8. The molecule has 0 amide bonds. The van der Waals surface area contributed by atoms with Gasteiger partial charge in [0, 0.05) is 5.56 Å². The number of rotatable bonds is 9. The van der Waals surface area contributed by atoms with Crippen LogP contribution in [0, 0.1) is 11.3 Å². The van der Waals surface area contributed by atoms with Crippen molar-refractivity contribution < 1.29 is 14.3 Å². The monoisotopic (exact) mass is 335 g/mol. The Morgan fingerprint density at radius 2 is 1.68 bits per heavy atom. The Kier molecular flexibility index (Phi) is 7.27. The molecule has 0 aliphatic carbocycles. The molecule has 0 saturated carbocycles. The maximum atomic E-state index is 12.2. The molecule has 0 heterocycles. The van der Waals surface area contributed by atoms with E-state index in [1.54, 1.807) is 30.3 Å². The quantitative estimate of drug-likeness (QED) is 0.380. The lowest BCUT2D eigenvalue weighted by molar-refractivity contribution is 0.104. The predicted octanol–water partition coefficient (Wildman–Crippen LogP) is 4.66. The zero-order valence-corrected chi connectivity index (χ0v) is 14.3. The molecule has 0 aliphatic rings. The van der Waals surface area contributed by atoms with E-state index in [2.05, 4.69) is 6.92 Å². The third-order valence-electron chi connectivity index (χ3n) is 3.52. The smallest absolute Gasteiger partial charge is 0.185 e. The first-order valence-electron chi connectivity index (χ1n) is 8.28. The lowest BCUT2D eigenvalue weighted by Gasteiger charge is -2.05. The second-order valence-electron chi connectivity index (χ2n) is 5.44. The van der Waals surface area contributed by atoms with Crippen LogP contribution in [-0.2, 0) is 0 Å². The molecule has 2 aromatic rings. The molecule has 0 spiro atoms. The molecule has 2 rings (SSSR count). The van der Waals surface area contributed by atoms with Crippen LogP contribution in [0.15, 0.2) is 54.6 Å². The van der Waals surface area contributed by atoms with Gasteiger partial charge >= 0.3 is 0 Å². The molecule has 0 saturated heterocycles. The molecular formula is C21H21NO3. The molecule has 0 aliphatic heterocycles. The van der Waals surface area contributed by atoms with E-state index < -0.39 is 0 Å². The van der Waals surface area contributed by atoms with Crippen molar-refractivity contribution in [3.8, 4) is 17.6 Å².